The molecule has 0 amide bonds. The van der Waals surface area contributed by atoms with E-state index in [0.29, 0.717) is 5.41 Å². The van der Waals surface area contributed by atoms with Crippen LogP contribution in [0.15, 0.2) is 12.7 Å². The first-order chi connectivity index (χ1) is 6.62. The zero-order valence-corrected chi connectivity index (χ0v) is 10.2. The molecule has 84 valence electrons. The molecule has 0 aromatic carbocycles. The smallest absolute Gasteiger partial charge is 0.000251 e. The van der Waals surface area contributed by atoms with Crippen molar-refractivity contribution in [2.45, 2.75) is 52.9 Å². The van der Waals surface area contributed by atoms with E-state index in [2.05, 4.69) is 32.7 Å². The molecule has 0 spiro atoms. The standard InChI is InChI=1S/C13H27N/c1-5-7-8-9-11-14-12-13(3,4)10-6-2/h5,14H,1,6-12H2,2-4H3. The van der Waals surface area contributed by atoms with Crippen LogP contribution in [0.3, 0.4) is 0 Å². The van der Waals surface area contributed by atoms with E-state index in [-0.39, 0.29) is 0 Å². The van der Waals surface area contributed by atoms with Gasteiger partial charge >= 0.3 is 0 Å². The minimum Gasteiger partial charge on any atom is -0.316 e. The lowest BCUT2D eigenvalue weighted by Gasteiger charge is -2.24. The van der Waals surface area contributed by atoms with Crippen molar-refractivity contribution in [1.82, 2.24) is 5.32 Å². The minimum absolute atomic E-state index is 0.465. The maximum atomic E-state index is 3.72. The van der Waals surface area contributed by atoms with Gasteiger partial charge in [0.15, 0.2) is 0 Å². The summed E-state index contributed by atoms with van der Waals surface area (Å²) in [7, 11) is 0. The first-order valence-corrected chi connectivity index (χ1v) is 5.94. The molecule has 0 aliphatic heterocycles. The highest BCUT2D eigenvalue weighted by atomic mass is 14.9. The molecule has 0 saturated carbocycles. The molecule has 0 atom stereocenters. The molecule has 0 aromatic rings. The van der Waals surface area contributed by atoms with Crippen LogP contribution in [0, 0.1) is 5.41 Å². The van der Waals surface area contributed by atoms with Crippen molar-refractivity contribution in [3.63, 3.8) is 0 Å². The van der Waals surface area contributed by atoms with Crippen LogP contribution in [-0.2, 0) is 0 Å². The van der Waals surface area contributed by atoms with Crippen LogP contribution in [0.25, 0.3) is 0 Å². The maximum Gasteiger partial charge on any atom is 0.000251 e. The van der Waals surface area contributed by atoms with E-state index in [1.807, 2.05) is 6.08 Å². The Hall–Kier alpha value is -0.300. The molecule has 1 nitrogen and oxygen atoms in total. The van der Waals surface area contributed by atoms with E-state index in [9.17, 15) is 0 Å². The molecule has 0 aliphatic rings. The Balaban J connectivity index is 3.29. The lowest BCUT2D eigenvalue weighted by Crippen LogP contribution is -2.29. The summed E-state index contributed by atoms with van der Waals surface area (Å²) in [5.74, 6) is 0. The highest BCUT2D eigenvalue weighted by molar-refractivity contribution is 4.71. The predicted octanol–water partition coefficient (Wildman–Crippen LogP) is 3.76. The molecule has 1 heteroatoms. The normalized spacial score (nSPS) is 11.6. The molecule has 0 aliphatic carbocycles. The highest BCUT2D eigenvalue weighted by Gasteiger charge is 2.14. The lowest BCUT2D eigenvalue weighted by molar-refractivity contribution is 0.310. The van der Waals surface area contributed by atoms with Gasteiger partial charge in [0.1, 0.15) is 0 Å². The summed E-state index contributed by atoms with van der Waals surface area (Å²) < 4.78 is 0. The quantitative estimate of drug-likeness (QED) is 0.438. The molecule has 0 unspecified atom stereocenters. The van der Waals surface area contributed by atoms with Crippen LogP contribution in [0.2, 0.25) is 0 Å². The van der Waals surface area contributed by atoms with Crippen molar-refractivity contribution in [1.29, 1.82) is 0 Å². The fourth-order valence-electron chi connectivity index (χ4n) is 1.73. The van der Waals surface area contributed by atoms with Crippen LogP contribution in [0.1, 0.15) is 52.9 Å². The Morgan fingerprint density at radius 1 is 1.29 bits per heavy atom. The van der Waals surface area contributed by atoms with Gasteiger partial charge in [0.05, 0.1) is 0 Å². The van der Waals surface area contributed by atoms with E-state index in [1.54, 1.807) is 0 Å². The Morgan fingerprint density at radius 3 is 2.57 bits per heavy atom. The second kappa shape index (κ2) is 8.05. The largest absolute Gasteiger partial charge is 0.316 e. The summed E-state index contributed by atoms with van der Waals surface area (Å²) in [4.78, 5) is 0. The summed E-state index contributed by atoms with van der Waals surface area (Å²) in [6.07, 6.45) is 8.29. The van der Waals surface area contributed by atoms with Crippen LogP contribution >= 0.6 is 0 Å². The third kappa shape index (κ3) is 8.31. The average Bonchev–Trinajstić information content (AvgIpc) is 2.11. The van der Waals surface area contributed by atoms with Gasteiger partial charge in [-0.05, 0) is 37.6 Å². The summed E-state index contributed by atoms with van der Waals surface area (Å²) in [5, 5.41) is 3.54. The SMILES string of the molecule is C=CCCCCNCC(C)(C)CCC. The average molecular weight is 197 g/mol. The Labute approximate surface area is 90.0 Å². The molecule has 0 radical (unpaired) electrons. The summed E-state index contributed by atoms with van der Waals surface area (Å²) in [5.41, 5.74) is 0.465. The van der Waals surface area contributed by atoms with Crippen LogP contribution in [0.5, 0.6) is 0 Å². The minimum atomic E-state index is 0.465. The zero-order valence-electron chi connectivity index (χ0n) is 10.2. The molecule has 14 heavy (non-hydrogen) atoms. The van der Waals surface area contributed by atoms with Gasteiger partial charge in [-0.25, -0.2) is 0 Å². The van der Waals surface area contributed by atoms with Gasteiger partial charge in [-0.15, -0.1) is 6.58 Å². The van der Waals surface area contributed by atoms with Gasteiger partial charge in [-0.3, -0.25) is 0 Å². The molecule has 0 saturated heterocycles. The van der Waals surface area contributed by atoms with Crippen molar-refractivity contribution >= 4 is 0 Å². The lowest BCUT2D eigenvalue weighted by atomic mass is 9.88. The predicted molar refractivity (Wildman–Crippen MR) is 65.6 cm³/mol. The van der Waals surface area contributed by atoms with Crippen LogP contribution < -0.4 is 5.32 Å². The van der Waals surface area contributed by atoms with Crippen LogP contribution in [0.4, 0.5) is 0 Å². The number of unbranched alkanes of at least 4 members (excludes halogenated alkanes) is 2. The zero-order chi connectivity index (χ0) is 10.9. The fraction of sp³-hybridized carbons (Fsp3) is 0.846. The third-order valence-corrected chi connectivity index (χ3v) is 2.54. The molecular weight excluding hydrogens is 170 g/mol. The molecular formula is C13H27N. The maximum absolute atomic E-state index is 3.72. The Kier molecular flexibility index (Phi) is 7.87. The summed E-state index contributed by atoms with van der Waals surface area (Å²) in [6.45, 7) is 13.0. The van der Waals surface area contributed by atoms with Crippen LogP contribution in [-0.4, -0.2) is 13.1 Å². The van der Waals surface area contributed by atoms with Crippen molar-refractivity contribution in [2.24, 2.45) is 5.41 Å². The number of nitrogens with one attached hydrogen (secondary N) is 1. The number of allylic oxidation sites excluding steroid dienone is 1. The van der Waals surface area contributed by atoms with Crippen molar-refractivity contribution in [3.8, 4) is 0 Å². The van der Waals surface area contributed by atoms with E-state index >= 15 is 0 Å². The second-order valence-corrected chi connectivity index (χ2v) is 4.88. The van der Waals surface area contributed by atoms with E-state index in [0.717, 1.165) is 19.5 Å². The Morgan fingerprint density at radius 2 is 2.00 bits per heavy atom. The van der Waals surface area contributed by atoms with Gasteiger partial charge < -0.3 is 5.32 Å². The molecule has 0 bridgehead atoms. The van der Waals surface area contributed by atoms with Gasteiger partial charge in [-0.2, -0.15) is 0 Å². The molecule has 0 fully saturated rings. The molecule has 0 heterocycles. The number of hydrogen-bond acceptors (Lipinski definition) is 1. The molecule has 0 rings (SSSR count). The fourth-order valence-corrected chi connectivity index (χ4v) is 1.73. The third-order valence-electron chi connectivity index (χ3n) is 2.54. The summed E-state index contributed by atoms with van der Waals surface area (Å²) in [6, 6.07) is 0. The molecule has 1 N–H and O–H groups in total. The highest BCUT2D eigenvalue weighted by Crippen LogP contribution is 2.20. The summed E-state index contributed by atoms with van der Waals surface area (Å²) >= 11 is 0. The van der Waals surface area contributed by atoms with Gasteiger partial charge in [0.25, 0.3) is 0 Å². The first-order valence-electron chi connectivity index (χ1n) is 5.94. The number of rotatable bonds is 9. The van der Waals surface area contributed by atoms with Crippen molar-refractivity contribution in [2.75, 3.05) is 13.1 Å². The van der Waals surface area contributed by atoms with Gasteiger partial charge in [0.2, 0.25) is 0 Å². The monoisotopic (exact) mass is 197 g/mol. The van der Waals surface area contributed by atoms with Crippen molar-refractivity contribution < 1.29 is 0 Å². The van der Waals surface area contributed by atoms with Crippen molar-refractivity contribution in [3.05, 3.63) is 12.7 Å². The topological polar surface area (TPSA) is 12.0 Å². The van der Waals surface area contributed by atoms with Gasteiger partial charge in [-0.1, -0.05) is 33.3 Å². The number of hydrogen-bond donors (Lipinski definition) is 1. The molecule has 0 aromatic heterocycles. The second-order valence-electron chi connectivity index (χ2n) is 4.88. The van der Waals surface area contributed by atoms with Gasteiger partial charge in [0, 0.05) is 6.54 Å². The van der Waals surface area contributed by atoms with E-state index in [1.165, 1.54) is 25.7 Å². The Bertz CT molecular complexity index is 138. The van der Waals surface area contributed by atoms with E-state index < -0.39 is 0 Å². The van der Waals surface area contributed by atoms with E-state index in [4.69, 9.17) is 0 Å². The first kappa shape index (κ1) is 13.7.